The van der Waals surface area contributed by atoms with Gasteiger partial charge in [-0.3, -0.25) is 4.79 Å². The number of rotatable bonds is 6. The predicted octanol–water partition coefficient (Wildman–Crippen LogP) is 3.05. The van der Waals surface area contributed by atoms with E-state index in [0.717, 1.165) is 12.1 Å². The Kier molecular flexibility index (Phi) is 7.13. The maximum atomic E-state index is 13.2. The molecule has 31 heavy (non-hydrogen) atoms. The van der Waals surface area contributed by atoms with Gasteiger partial charge < -0.3 is 4.74 Å². The first-order chi connectivity index (χ1) is 14.1. The second-order valence-electron chi connectivity index (χ2n) is 5.90. The van der Waals surface area contributed by atoms with Crippen molar-refractivity contribution in [3.05, 3.63) is 37.8 Å². The summed E-state index contributed by atoms with van der Waals surface area (Å²) < 4.78 is 107. The van der Waals surface area contributed by atoms with E-state index in [1.165, 1.54) is 29.5 Å². The van der Waals surface area contributed by atoms with E-state index in [1.807, 2.05) is 0 Å². The minimum absolute atomic E-state index is 0.216. The molecule has 1 aromatic carbocycles. The summed E-state index contributed by atoms with van der Waals surface area (Å²) in [5.41, 5.74) is -3.63. The fourth-order valence-corrected chi connectivity index (χ4v) is 5.34. The van der Waals surface area contributed by atoms with E-state index in [-0.39, 0.29) is 16.6 Å². The van der Waals surface area contributed by atoms with Gasteiger partial charge in [0.15, 0.2) is 9.84 Å². The highest BCUT2D eigenvalue weighted by Gasteiger charge is 2.42. The number of carbonyl (C=O) groups is 1. The number of aromatic nitrogens is 3. The van der Waals surface area contributed by atoms with E-state index in [9.17, 15) is 44.3 Å². The molecule has 0 aliphatic carbocycles. The lowest BCUT2D eigenvalue weighted by molar-refractivity contribution is -0.209. The van der Waals surface area contributed by atoms with Gasteiger partial charge in [0.25, 0.3) is 5.91 Å². The molecule has 2 aromatic rings. The van der Waals surface area contributed by atoms with Crippen molar-refractivity contribution in [2.45, 2.75) is 30.7 Å². The number of benzene rings is 1. The molecule has 0 bridgehead atoms. The van der Waals surface area contributed by atoms with Crippen molar-refractivity contribution >= 4 is 38.3 Å². The second-order valence-corrected chi connectivity index (χ2v) is 8.98. The van der Waals surface area contributed by atoms with E-state index < -0.39 is 65.4 Å². The zero-order chi connectivity index (χ0) is 23.8. The van der Waals surface area contributed by atoms with Crippen molar-refractivity contribution in [3.63, 3.8) is 0 Å². The molecule has 0 unspecified atom stereocenters. The van der Waals surface area contributed by atoms with Gasteiger partial charge in [-0.05, 0) is 41.1 Å². The van der Waals surface area contributed by atoms with Crippen molar-refractivity contribution in [2.75, 3.05) is 12.4 Å². The standard InChI is InChI=1S/C15H12F6IN3O5S/c1-2-6-30-12-23-25(13(27)24(12)15(19,20)21)10(26)7-31(28,29)11-8(14(16,17)18)4-3-5-9(11)22/h3-5H,2,6-7H2,1H3. The molecular formula is C15H12F6IN3O5S. The van der Waals surface area contributed by atoms with E-state index in [0.29, 0.717) is 6.07 Å². The zero-order valence-corrected chi connectivity index (χ0v) is 18.3. The topological polar surface area (TPSA) is 100 Å². The smallest absolute Gasteiger partial charge is 0.463 e. The lowest BCUT2D eigenvalue weighted by Crippen LogP contribution is -2.37. The maximum absolute atomic E-state index is 13.2. The zero-order valence-electron chi connectivity index (χ0n) is 15.3. The van der Waals surface area contributed by atoms with E-state index in [1.54, 1.807) is 0 Å². The average Bonchev–Trinajstić information content (AvgIpc) is 2.95. The molecule has 0 atom stereocenters. The fourth-order valence-electron chi connectivity index (χ4n) is 2.36. The van der Waals surface area contributed by atoms with Crippen LogP contribution < -0.4 is 10.4 Å². The number of hydrogen-bond donors (Lipinski definition) is 0. The lowest BCUT2D eigenvalue weighted by Gasteiger charge is -2.14. The summed E-state index contributed by atoms with van der Waals surface area (Å²) in [5, 5.41) is 3.07. The third-order valence-corrected chi connectivity index (χ3v) is 6.53. The molecule has 1 heterocycles. The molecule has 0 fully saturated rings. The van der Waals surface area contributed by atoms with Crippen LogP contribution in [0.1, 0.15) is 23.7 Å². The molecule has 0 spiro atoms. The highest BCUT2D eigenvalue weighted by molar-refractivity contribution is 14.1. The van der Waals surface area contributed by atoms with Crippen molar-refractivity contribution in [3.8, 4) is 6.01 Å². The van der Waals surface area contributed by atoms with Gasteiger partial charge >= 0.3 is 24.2 Å². The number of sulfone groups is 1. The summed E-state index contributed by atoms with van der Waals surface area (Å²) in [7, 11) is -5.03. The van der Waals surface area contributed by atoms with Crippen LogP contribution in [0.15, 0.2) is 27.9 Å². The summed E-state index contributed by atoms with van der Waals surface area (Å²) in [6.45, 7) is 1.22. The molecule has 2 rings (SSSR count). The quantitative estimate of drug-likeness (QED) is 0.381. The lowest BCUT2D eigenvalue weighted by atomic mass is 10.2. The summed E-state index contributed by atoms with van der Waals surface area (Å²) in [6.07, 6.45) is -10.2. The van der Waals surface area contributed by atoms with E-state index in [2.05, 4.69) is 9.84 Å². The van der Waals surface area contributed by atoms with Crippen molar-refractivity contribution < 1.29 is 44.3 Å². The Morgan fingerprint density at radius 1 is 1.19 bits per heavy atom. The summed E-state index contributed by atoms with van der Waals surface area (Å²) in [6, 6.07) is 1.14. The highest BCUT2D eigenvalue weighted by Crippen LogP contribution is 2.36. The minimum atomic E-state index is -5.35. The SMILES string of the molecule is CCCOc1nn(C(=O)CS(=O)(=O)c2c(I)cccc2C(F)(F)F)c(=O)n1C(F)(F)F. The summed E-state index contributed by atoms with van der Waals surface area (Å²) in [5.74, 6) is -3.53. The summed E-state index contributed by atoms with van der Waals surface area (Å²) >= 11 is 1.31. The van der Waals surface area contributed by atoms with Crippen LogP contribution in [0.25, 0.3) is 0 Å². The molecule has 16 heteroatoms. The third kappa shape index (κ3) is 5.39. The van der Waals surface area contributed by atoms with Crippen LogP contribution in [0.4, 0.5) is 26.3 Å². The molecule has 0 aliphatic heterocycles. The van der Waals surface area contributed by atoms with Gasteiger partial charge in [-0.1, -0.05) is 13.0 Å². The van der Waals surface area contributed by atoms with Crippen LogP contribution in [-0.4, -0.2) is 41.0 Å². The first-order valence-corrected chi connectivity index (χ1v) is 10.9. The van der Waals surface area contributed by atoms with E-state index in [4.69, 9.17) is 0 Å². The van der Waals surface area contributed by atoms with Crippen LogP contribution in [-0.2, 0) is 22.3 Å². The Hall–Kier alpha value is -2.11. The Morgan fingerprint density at radius 2 is 1.81 bits per heavy atom. The van der Waals surface area contributed by atoms with Gasteiger partial charge in [0.05, 0.1) is 17.1 Å². The molecule has 0 amide bonds. The Bertz CT molecular complexity index is 1150. The second kappa shape index (κ2) is 8.79. The average molecular weight is 587 g/mol. The van der Waals surface area contributed by atoms with Gasteiger partial charge in [0, 0.05) is 3.57 Å². The fraction of sp³-hybridized carbons (Fsp3) is 0.400. The molecule has 0 radical (unpaired) electrons. The van der Waals surface area contributed by atoms with Crippen LogP contribution in [0.5, 0.6) is 6.01 Å². The summed E-state index contributed by atoms with van der Waals surface area (Å²) in [4.78, 5) is 23.1. The number of hydrogen-bond acceptors (Lipinski definition) is 6. The molecule has 172 valence electrons. The number of carbonyl (C=O) groups excluding carboxylic acids is 1. The maximum Gasteiger partial charge on any atom is 0.496 e. The van der Waals surface area contributed by atoms with Gasteiger partial charge in [0.2, 0.25) is 0 Å². The van der Waals surface area contributed by atoms with Crippen LogP contribution in [0, 0.1) is 3.57 Å². The highest BCUT2D eigenvalue weighted by atomic mass is 127. The van der Waals surface area contributed by atoms with Crippen LogP contribution in [0.3, 0.4) is 0 Å². The van der Waals surface area contributed by atoms with Gasteiger partial charge in [-0.25, -0.2) is 13.2 Å². The number of alkyl halides is 6. The normalized spacial score (nSPS) is 12.8. The Morgan fingerprint density at radius 3 is 2.32 bits per heavy atom. The minimum Gasteiger partial charge on any atom is -0.463 e. The Balaban J connectivity index is 2.54. The molecule has 0 N–H and O–H groups in total. The molecule has 8 nitrogen and oxygen atoms in total. The largest absolute Gasteiger partial charge is 0.496 e. The van der Waals surface area contributed by atoms with Crippen molar-refractivity contribution in [2.24, 2.45) is 0 Å². The van der Waals surface area contributed by atoms with Crippen molar-refractivity contribution in [1.82, 2.24) is 14.3 Å². The monoisotopic (exact) mass is 587 g/mol. The third-order valence-electron chi connectivity index (χ3n) is 3.57. The van der Waals surface area contributed by atoms with Crippen molar-refractivity contribution in [1.29, 1.82) is 0 Å². The van der Waals surface area contributed by atoms with Gasteiger partial charge in [-0.2, -0.15) is 17.7 Å². The molecule has 1 aromatic heterocycles. The molecule has 0 aliphatic rings. The number of nitrogens with zero attached hydrogens (tertiary/aromatic N) is 3. The number of ether oxygens (including phenoxy) is 1. The van der Waals surface area contributed by atoms with Gasteiger partial charge in [0.1, 0.15) is 5.75 Å². The molecule has 0 saturated carbocycles. The first-order valence-electron chi connectivity index (χ1n) is 8.15. The van der Waals surface area contributed by atoms with Crippen LogP contribution in [0.2, 0.25) is 0 Å². The molecule has 0 saturated heterocycles. The van der Waals surface area contributed by atoms with Gasteiger partial charge in [-0.15, -0.1) is 23.0 Å². The molecular weight excluding hydrogens is 575 g/mol. The Labute approximate surface area is 183 Å². The predicted molar refractivity (Wildman–Crippen MR) is 100 cm³/mol. The van der Waals surface area contributed by atoms with E-state index >= 15 is 0 Å². The number of halogens is 7. The van der Waals surface area contributed by atoms with Crippen LogP contribution >= 0.6 is 22.6 Å². The first kappa shape index (κ1) is 25.2.